The molecular weight excluding hydrogens is 396 g/mol. The fraction of sp³-hybridized carbons (Fsp3) is 0.348. The maximum atomic E-state index is 12.7. The summed E-state index contributed by atoms with van der Waals surface area (Å²) in [5, 5.41) is 7.18. The van der Waals surface area contributed by atoms with E-state index < -0.39 is 0 Å². The second kappa shape index (κ2) is 8.93. The SMILES string of the molecule is CCN1CCc2c(sc(-n3cccc3)c2CNC(=O)Nc2cc(C)ccc2OC)C1. The van der Waals surface area contributed by atoms with Crippen molar-refractivity contribution in [2.75, 3.05) is 25.5 Å². The first-order chi connectivity index (χ1) is 14.6. The number of benzene rings is 1. The first kappa shape index (κ1) is 20.5. The summed E-state index contributed by atoms with van der Waals surface area (Å²) in [6.45, 7) is 7.79. The second-order valence-corrected chi connectivity index (χ2v) is 8.59. The molecule has 4 rings (SSSR count). The van der Waals surface area contributed by atoms with Crippen molar-refractivity contribution in [3.8, 4) is 10.8 Å². The first-order valence-corrected chi connectivity index (χ1v) is 11.1. The number of thiophene rings is 1. The summed E-state index contributed by atoms with van der Waals surface area (Å²) in [7, 11) is 1.61. The molecule has 0 aliphatic carbocycles. The van der Waals surface area contributed by atoms with Gasteiger partial charge in [0.15, 0.2) is 0 Å². The van der Waals surface area contributed by atoms with Gasteiger partial charge in [-0.2, -0.15) is 0 Å². The average molecular weight is 425 g/mol. The Bertz CT molecular complexity index is 1030. The zero-order valence-electron chi connectivity index (χ0n) is 17.7. The molecule has 2 amide bonds. The lowest BCUT2D eigenvalue weighted by molar-refractivity contribution is 0.251. The van der Waals surface area contributed by atoms with Gasteiger partial charge >= 0.3 is 6.03 Å². The molecule has 2 N–H and O–H groups in total. The van der Waals surface area contributed by atoms with Crippen LogP contribution in [0, 0.1) is 6.92 Å². The van der Waals surface area contributed by atoms with Crippen molar-refractivity contribution < 1.29 is 9.53 Å². The normalized spacial score (nSPS) is 13.7. The van der Waals surface area contributed by atoms with Crippen molar-refractivity contribution in [1.29, 1.82) is 0 Å². The summed E-state index contributed by atoms with van der Waals surface area (Å²) < 4.78 is 7.52. The van der Waals surface area contributed by atoms with Gasteiger partial charge in [-0.15, -0.1) is 11.3 Å². The molecule has 0 radical (unpaired) electrons. The molecule has 7 heteroatoms. The zero-order valence-corrected chi connectivity index (χ0v) is 18.5. The van der Waals surface area contributed by atoms with Crippen LogP contribution in [0.1, 0.15) is 28.5 Å². The number of amides is 2. The van der Waals surface area contributed by atoms with Crippen LogP contribution in [0.15, 0.2) is 42.7 Å². The first-order valence-electron chi connectivity index (χ1n) is 10.3. The quantitative estimate of drug-likeness (QED) is 0.610. The number of hydrogen-bond acceptors (Lipinski definition) is 4. The van der Waals surface area contributed by atoms with Gasteiger partial charge in [0.05, 0.1) is 12.8 Å². The predicted octanol–water partition coefficient (Wildman–Crippen LogP) is 4.56. The predicted molar refractivity (Wildman–Crippen MR) is 122 cm³/mol. The largest absolute Gasteiger partial charge is 0.495 e. The number of carbonyl (C=O) groups excluding carboxylic acids is 1. The maximum Gasteiger partial charge on any atom is 0.319 e. The number of methoxy groups -OCH3 is 1. The highest BCUT2D eigenvalue weighted by molar-refractivity contribution is 7.14. The van der Waals surface area contributed by atoms with Crippen LogP contribution in [-0.4, -0.2) is 35.7 Å². The summed E-state index contributed by atoms with van der Waals surface area (Å²) in [5.74, 6) is 0.649. The Hall–Kier alpha value is -2.77. The number of aryl methyl sites for hydroxylation is 1. The number of nitrogens with zero attached hydrogens (tertiary/aromatic N) is 2. The second-order valence-electron chi connectivity index (χ2n) is 7.51. The molecule has 1 aliphatic rings. The van der Waals surface area contributed by atoms with Crippen molar-refractivity contribution in [3.63, 3.8) is 0 Å². The van der Waals surface area contributed by atoms with E-state index in [4.69, 9.17) is 4.74 Å². The van der Waals surface area contributed by atoms with Gasteiger partial charge in [-0.25, -0.2) is 4.79 Å². The molecule has 0 fully saturated rings. The third-order valence-electron chi connectivity index (χ3n) is 5.54. The van der Waals surface area contributed by atoms with Crippen molar-refractivity contribution in [2.24, 2.45) is 0 Å². The highest BCUT2D eigenvalue weighted by atomic mass is 32.1. The Morgan fingerprint density at radius 3 is 2.80 bits per heavy atom. The molecule has 3 aromatic rings. The van der Waals surface area contributed by atoms with E-state index in [0.29, 0.717) is 18.0 Å². The molecule has 0 unspecified atom stereocenters. The number of fused-ring (bicyclic) bond motifs is 1. The molecule has 0 bridgehead atoms. The van der Waals surface area contributed by atoms with Gasteiger partial charge in [0.2, 0.25) is 0 Å². The standard InChI is InChI=1S/C23H28N4O2S/c1-4-26-12-9-17-18(22(30-21(17)15-26)27-10-5-6-11-27)14-24-23(28)25-19-13-16(2)7-8-20(19)29-3/h5-8,10-11,13H,4,9,12,14-15H2,1-3H3,(H2,24,25,28). The lowest BCUT2D eigenvalue weighted by atomic mass is 10.0. The van der Waals surface area contributed by atoms with E-state index >= 15 is 0 Å². The Morgan fingerprint density at radius 2 is 2.07 bits per heavy atom. The summed E-state index contributed by atoms with van der Waals surface area (Å²) in [5.41, 5.74) is 4.34. The van der Waals surface area contributed by atoms with Gasteiger partial charge in [0.25, 0.3) is 0 Å². The molecule has 3 heterocycles. The van der Waals surface area contributed by atoms with Crippen molar-refractivity contribution in [1.82, 2.24) is 14.8 Å². The number of anilines is 1. The summed E-state index contributed by atoms with van der Waals surface area (Å²) >= 11 is 1.83. The minimum Gasteiger partial charge on any atom is -0.495 e. The van der Waals surface area contributed by atoms with Crippen LogP contribution in [0.2, 0.25) is 0 Å². The topological polar surface area (TPSA) is 58.5 Å². The number of nitrogens with one attached hydrogen (secondary N) is 2. The van der Waals surface area contributed by atoms with Crippen LogP contribution >= 0.6 is 11.3 Å². The molecule has 0 atom stereocenters. The van der Waals surface area contributed by atoms with E-state index in [0.717, 1.165) is 31.6 Å². The van der Waals surface area contributed by atoms with E-state index in [1.165, 1.54) is 21.0 Å². The van der Waals surface area contributed by atoms with Crippen LogP contribution in [0.25, 0.3) is 5.00 Å². The molecule has 2 aromatic heterocycles. The monoisotopic (exact) mass is 424 g/mol. The molecule has 1 aliphatic heterocycles. The highest BCUT2D eigenvalue weighted by Gasteiger charge is 2.24. The Morgan fingerprint density at radius 1 is 1.27 bits per heavy atom. The van der Waals surface area contributed by atoms with Crippen LogP contribution in [-0.2, 0) is 19.5 Å². The number of aromatic nitrogens is 1. The molecule has 0 saturated carbocycles. The Labute approximate surface area is 181 Å². The molecule has 0 saturated heterocycles. The highest BCUT2D eigenvalue weighted by Crippen LogP contribution is 2.36. The van der Waals surface area contributed by atoms with Crippen LogP contribution < -0.4 is 15.4 Å². The van der Waals surface area contributed by atoms with Crippen molar-refractivity contribution in [3.05, 3.63) is 64.3 Å². The smallest absolute Gasteiger partial charge is 0.319 e. The van der Waals surface area contributed by atoms with Crippen LogP contribution in [0.5, 0.6) is 5.75 Å². The van der Waals surface area contributed by atoms with Gasteiger partial charge in [-0.05, 0) is 55.3 Å². The van der Waals surface area contributed by atoms with E-state index in [1.54, 1.807) is 7.11 Å². The van der Waals surface area contributed by atoms with E-state index in [9.17, 15) is 4.79 Å². The molecule has 1 aromatic carbocycles. The molecule has 0 spiro atoms. The van der Waals surface area contributed by atoms with Crippen molar-refractivity contribution >= 4 is 23.1 Å². The summed E-state index contributed by atoms with van der Waals surface area (Å²) in [6, 6.07) is 9.57. The Balaban J connectivity index is 1.54. The van der Waals surface area contributed by atoms with Crippen LogP contribution in [0.3, 0.4) is 0 Å². The minimum atomic E-state index is -0.233. The van der Waals surface area contributed by atoms with E-state index in [-0.39, 0.29) is 6.03 Å². The number of likely N-dealkylation sites (N-methyl/N-ethyl adjacent to an activating group) is 1. The Kier molecular flexibility index (Phi) is 6.11. The number of rotatable bonds is 6. The van der Waals surface area contributed by atoms with Crippen LogP contribution in [0.4, 0.5) is 10.5 Å². The summed E-state index contributed by atoms with van der Waals surface area (Å²) in [6.07, 6.45) is 5.15. The minimum absolute atomic E-state index is 0.233. The number of carbonyl (C=O) groups is 1. The number of urea groups is 1. The third-order valence-corrected chi connectivity index (χ3v) is 6.81. The van der Waals surface area contributed by atoms with Gasteiger partial charge < -0.3 is 19.9 Å². The number of ether oxygens (including phenoxy) is 1. The van der Waals surface area contributed by atoms with Gasteiger partial charge in [-0.3, -0.25) is 4.90 Å². The fourth-order valence-electron chi connectivity index (χ4n) is 3.89. The molecule has 6 nitrogen and oxygen atoms in total. The molecular formula is C23H28N4O2S. The summed E-state index contributed by atoms with van der Waals surface area (Å²) in [4.78, 5) is 16.5. The van der Waals surface area contributed by atoms with Gasteiger partial charge in [0.1, 0.15) is 10.8 Å². The maximum absolute atomic E-state index is 12.7. The molecule has 158 valence electrons. The number of hydrogen-bond donors (Lipinski definition) is 2. The van der Waals surface area contributed by atoms with Gasteiger partial charge in [-0.1, -0.05) is 13.0 Å². The van der Waals surface area contributed by atoms with E-state index in [1.807, 2.05) is 48.6 Å². The van der Waals surface area contributed by atoms with E-state index in [2.05, 4.69) is 39.4 Å². The lowest BCUT2D eigenvalue weighted by Crippen LogP contribution is -2.31. The van der Waals surface area contributed by atoms with Crippen molar-refractivity contribution in [2.45, 2.75) is 33.4 Å². The van der Waals surface area contributed by atoms with Gasteiger partial charge in [0, 0.05) is 42.5 Å². The molecule has 30 heavy (non-hydrogen) atoms. The average Bonchev–Trinajstić information content (AvgIpc) is 3.39. The zero-order chi connectivity index (χ0) is 21.1. The fourth-order valence-corrected chi connectivity index (χ4v) is 5.27. The third kappa shape index (κ3) is 4.22. The lowest BCUT2D eigenvalue weighted by Gasteiger charge is -2.25.